The summed E-state index contributed by atoms with van der Waals surface area (Å²) in [5.41, 5.74) is 6.36. The second kappa shape index (κ2) is 8.16. The fourth-order valence-electron chi connectivity index (χ4n) is 5.68. The van der Waals surface area contributed by atoms with Gasteiger partial charge in [0.15, 0.2) is 0 Å². The van der Waals surface area contributed by atoms with Crippen LogP contribution >= 0.6 is 0 Å². The molecule has 0 amide bonds. The molecule has 4 nitrogen and oxygen atoms in total. The Morgan fingerprint density at radius 3 is 2.42 bits per heavy atom. The number of esters is 1. The zero-order valence-electron chi connectivity index (χ0n) is 19.5. The van der Waals surface area contributed by atoms with Gasteiger partial charge < -0.3 is 14.4 Å². The van der Waals surface area contributed by atoms with Crippen LogP contribution in [0.1, 0.15) is 57.4 Å². The van der Waals surface area contributed by atoms with E-state index in [9.17, 15) is 4.79 Å². The molecule has 1 saturated heterocycles. The molecule has 164 valence electrons. The van der Waals surface area contributed by atoms with Crippen molar-refractivity contribution in [3.8, 4) is 5.75 Å². The second-order valence-corrected chi connectivity index (χ2v) is 9.33. The summed E-state index contributed by atoms with van der Waals surface area (Å²) in [6.07, 6.45) is 4.87. The Morgan fingerprint density at radius 1 is 1.06 bits per heavy atom. The van der Waals surface area contributed by atoms with Gasteiger partial charge in [0.25, 0.3) is 0 Å². The van der Waals surface area contributed by atoms with Gasteiger partial charge in [-0.1, -0.05) is 29.8 Å². The lowest BCUT2D eigenvalue weighted by Gasteiger charge is -2.41. The molecule has 0 N–H and O–H groups in total. The lowest BCUT2D eigenvalue weighted by molar-refractivity contribution is 0.0578. The Bertz CT molecular complexity index is 1030. The van der Waals surface area contributed by atoms with E-state index in [4.69, 9.17) is 9.47 Å². The number of likely N-dealkylation sites (N-methyl/N-ethyl adjacent to an activating group) is 1. The van der Waals surface area contributed by atoms with E-state index < -0.39 is 0 Å². The predicted molar refractivity (Wildman–Crippen MR) is 124 cm³/mol. The van der Waals surface area contributed by atoms with Crippen LogP contribution in [0.5, 0.6) is 5.75 Å². The van der Waals surface area contributed by atoms with Crippen molar-refractivity contribution in [2.45, 2.75) is 58.4 Å². The predicted octanol–water partition coefficient (Wildman–Crippen LogP) is 5.41. The average Bonchev–Trinajstić information content (AvgIpc) is 3.04. The Balaban J connectivity index is 1.61. The normalized spacial score (nSPS) is 23.3. The molecule has 31 heavy (non-hydrogen) atoms. The number of rotatable bonds is 4. The summed E-state index contributed by atoms with van der Waals surface area (Å²) in [6, 6.07) is 11.0. The molecule has 2 aromatic rings. The van der Waals surface area contributed by atoms with Gasteiger partial charge in [-0.25, -0.2) is 4.79 Å². The van der Waals surface area contributed by atoms with Crippen LogP contribution < -0.4 is 4.74 Å². The maximum atomic E-state index is 13.0. The Kier molecular flexibility index (Phi) is 5.69. The molecule has 1 heterocycles. The molecule has 2 aliphatic rings. The number of methoxy groups -OCH3 is 1. The smallest absolute Gasteiger partial charge is 0.343 e. The zero-order valence-corrected chi connectivity index (χ0v) is 19.5. The molecule has 1 fully saturated rings. The van der Waals surface area contributed by atoms with Crippen molar-refractivity contribution in [2.75, 3.05) is 20.7 Å². The molecule has 4 rings (SSSR count). The molecule has 0 spiro atoms. The largest absolute Gasteiger partial charge is 0.496 e. The third-order valence-electron chi connectivity index (χ3n) is 7.24. The van der Waals surface area contributed by atoms with Gasteiger partial charge in [0.2, 0.25) is 0 Å². The van der Waals surface area contributed by atoms with E-state index >= 15 is 0 Å². The minimum absolute atomic E-state index is 0.0530. The molecule has 2 aromatic carbocycles. The first kappa shape index (κ1) is 21.6. The summed E-state index contributed by atoms with van der Waals surface area (Å²) in [5, 5.41) is 0. The number of carbonyl (C=O) groups is 1. The van der Waals surface area contributed by atoms with Crippen LogP contribution in [-0.2, 0) is 10.2 Å². The molecular formula is C27H33NO3. The number of likely N-dealkylation sites (tertiary alicyclic amines) is 1. The fraction of sp³-hybridized carbons (Fsp3) is 0.444. The highest BCUT2D eigenvalue weighted by Gasteiger charge is 2.49. The molecule has 4 heteroatoms. The number of hydrogen-bond acceptors (Lipinski definition) is 4. The minimum Gasteiger partial charge on any atom is -0.496 e. The zero-order chi connectivity index (χ0) is 22.3. The highest BCUT2D eigenvalue weighted by molar-refractivity contribution is 5.93. The SMILES string of the molecule is COc1ccc(C23CC=C(OC(=O)c4c(C)cc(C)cc4C)CC2N(C)CC3)cc1C. The van der Waals surface area contributed by atoms with Crippen molar-refractivity contribution >= 4 is 5.97 Å². The first-order valence-electron chi connectivity index (χ1n) is 11.1. The van der Waals surface area contributed by atoms with Crippen LogP contribution in [-0.4, -0.2) is 37.6 Å². The minimum atomic E-state index is -0.241. The molecule has 0 aromatic heterocycles. The molecule has 0 radical (unpaired) electrons. The number of hydrogen-bond donors (Lipinski definition) is 0. The Hall–Kier alpha value is -2.59. The summed E-state index contributed by atoms with van der Waals surface area (Å²) in [6.45, 7) is 9.15. The van der Waals surface area contributed by atoms with Crippen molar-refractivity contribution < 1.29 is 14.3 Å². The van der Waals surface area contributed by atoms with Crippen LogP contribution in [0.2, 0.25) is 0 Å². The van der Waals surface area contributed by atoms with E-state index in [1.54, 1.807) is 7.11 Å². The van der Waals surface area contributed by atoms with Crippen LogP contribution in [0, 0.1) is 27.7 Å². The lowest BCUT2D eigenvalue weighted by Crippen LogP contribution is -2.43. The summed E-state index contributed by atoms with van der Waals surface area (Å²) < 4.78 is 11.4. The quantitative estimate of drug-likeness (QED) is 0.622. The van der Waals surface area contributed by atoms with E-state index in [1.807, 2.05) is 26.0 Å². The number of ether oxygens (including phenoxy) is 2. The number of nitrogens with zero attached hydrogens (tertiary/aromatic N) is 1. The van der Waals surface area contributed by atoms with E-state index in [2.05, 4.69) is 50.1 Å². The van der Waals surface area contributed by atoms with Crippen LogP contribution in [0.15, 0.2) is 42.2 Å². The summed E-state index contributed by atoms with van der Waals surface area (Å²) in [5.74, 6) is 1.48. The summed E-state index contributed by atoms with van der Waals surface area (Å²) in [7, 11) is 3.90. The number of fused-ring (bicyclic) bond motifs is 1. The first-order valence-corrected chi connectivity index (χ1v) is 11.1. The molecule has 0 bridgehead atoms. The molecule has 1 aliphatic heterocycles. The number of allylic oxidation sites excluding steroid dienone is 1. The van der Waals surface area contributed by atoms with E-state index in [0.717, 1.165) is 59.6 Å². The van der Waals surface area contributed by atoms with Crippen molar-refractivity contribution in [1.29, 1.82) is 0 Å². The average molecular weight is 420 g/mol. The van der Waals surface area contributed by atoms with Gasteiger partial charge in [-0.05, 0) is 88.5 Å². The van der Waals surface area contributed by atoms with Crippen LogP contribution in [0.4, 0.5) is 0 Å². The maximum Gasteiger partial charge on any atom is 0.343 e. The maximum absolute atomic E-state index is 13.0. The van der Waals surface area contributed by atoms with Crippen LogP contribution in [0.3, 0.4) is 0 Å². The molecule has 0 saturated carbocycles. The van der Waals surface area contributed by atoms with Gasteiger partial charge in [0.05, 0.1) is 12.7 Å². The van der Waals surface area contributed by atoms with E-state index in [1.165, 1.54) is 5.56 Å². The monoisotopic (exact) mass is 419 g/mol. The molecule has 1 aliphatic carbocycles. The Labute approximate surface area is 185 Å². The van der Waals surface area contributed by atoms with Crippen molar-refractivity contribution in [2.24, 2.45) is 0 Å². The number of aryl methyl sites for hydroxylation is 4. The first-order chi connectivity index (χ1) is 14.7. The Morgan fingerprint density at radius 2 is 1.77 bits per heavy atom. The van der Waals surface area contributed by atoms with Gasteiger partial charge >= 0.3 is 5.97 Å². The van der Waals surface area contributed by atoms with Crippen molar-refractivity contribution in [1.82, 2.24) is 4.90 Å². The van der Waals surface area contributed by atoms with E-state index in [0.29, 0.717) is 11.6 Å². The van der Waals surface area contributed by atoms with E-state index in [-0.39, 0.29) is 11.4 Å². The van der Waals surface area contributed by atoms with Gasteiger partial charge in [-0.3, -0.25) is 0 Å². The fourth-order valence-corrected chi connectivity index (χ4v) is 5.68. The topological polar surface area (TPSA) is 38.8 Å². The molecule has 2 unspecified atom stereocenters. The third-order valence-corrected chi connectivity index (χ3v) is 7.24. The van der Waals surface area contributed by atoms with Crippen molar-refractivity contribution in [3.63, 3.8) is 0 Å². The third kappa shape index (κ3) is 3.78. The lowest BCUT2D eigenvalue weighted by atomic mass is 9.68. The standard InChI is InChI=1S/C27H33NO3/c1-17-13-19(3)25(20(4)14-17)26(29)31-22-9-10-27(11-12-28(5)24(27)16-22)21-7-8-23(30-6)18(2)15-21/h7-9,13-15,24H,10-12,16H2,1-6H3. The highest BCUT2D eigenvalue weighted by atomic mass is 16.5. The second-order valence-electron chi connectivity index (χ2n) is 9.33. The number of carbonyl (C=O) groups excluding carboxylic acids is 1. The molecular weight excluding hydrogens is 386 g/mol. The number of benzene rings is 2. The van der Waals surface area contributed by atoms with Gasteiger partial charge in [-0.2, -0.15) is 0 Å². The van der Waals surface area contributed by atoms with Crippen LogP contribution in [0.25, 0.3) is 0 Å². The van der Waals surface area contributed by atoms with Gasteiger partial charge in [-0.15, -0.1) is 0 Å². The summed E-state index contributed by atoms with van der Waals surface area (Å²) >= 11 is 0. The van der Waals surface area contributed by atoms with Crippen molar-refractivity contribution in [3.05, 3.63) is 75.5 Å². The van der Waals surface area contributed by atoms with Gasteiger partial charge in [0, 0.05) is 17.9 Å². The highest BCUT2D eigenvalue weighted by Crippen LogP contribution is 2.48. The summed E-state index contributed by atoms with van der Waals surface area (Å²) in [4.78, 5) is 15.4. The molecule has 2 atom stereocenters. The van der Waals surface area contributed by atoms with Gasteiger partial charge in [0.1, 0.15) is 11.5 Å².